The lowest BCUT2D eigenvalue weighted by atomic mass is 9.93. The summed E-state index contributed by atoms with van der Waals surface area (Å²) in [6.07, 6.45) is 0.553. The summed E-state index contributed by atoms with van der Waals surface area (Å²) in [7, 11) is 0. The minimum atomic E-state index is -0.880. The standard InChI is InChI=1S/C17H22N4O3/c1-17(2)15(23)21(16(24)19-17)8-7-20-10-12-6-4-3-5-11(12)9-13(20)14(18)22/h3-6,13H,7-10H2,1-2H3,(H2,18,22)(H,19,24)/t13-/m1/s1. The molecule has 7 heteroatoms. The molecule has 1 saturated heterocycles. The predicted molar refractivity (Wildman–Crippen MR) is 87.9 cm³/mol. The fraction of sp³-hybridized carbons (Fsp3) is 0.471. The van der Waals surface area contributed by atoms with Crippen molar-refractivity contribution in [2.45, 2.75) is 38.4 Å². The van der Waals surface area contributed by atoms with Crippen molar-refractivity contribution < 1.29 is 14.4 Å². The average molecular weight is 330 g/mol. The quantitative estimate of drug-likeness (QED) is 0.773. The molecule has 1 fully saturated rings. The summed E-state index contributed by atoms with van der Waals surface area (Å²) in [5, 5.41) is 2.66. The SMILES string of the molecule is CC1(C)NC(=O)N(CCN2Cc3ccccc3C[C@@H]2C(N)=O)C1=O. The normalized spacial score (nSPS) is 23.1. The van der Waals surface area contributed by atoms with E-state index in [1.807, 2.05) is 29.2 Å². The summed E-state index contributed by atoms with van der Waals surface area (Å²) >= 11 is 0. The summed E-state index contributed by atoms with van der Waals surface area (Å²) in [6, 6.07) is 7.12. The van der Waals surface area contributed by atoms with Crippen molar-refractivity contribution in [3.63, 3.8) is 0 Å². The van der Waals surface area contributed by atoms with Crippen LogP contribution in [0.3, 0.4) is 0 Å². The Bertz CT molecular complexity index is 701. The van der Waals surface area contributed by atoms with E-state index in [2.05, 4.69) is 5.32 Å². The number of amides is 4. The lowest BCUT2D eigenvalue weighted by molar-refractivity contribution is -0.130. The van der Waals surface area contributed by atoms with Crippen LogP contribution in [0.5, 0.6) is 0 Å². The van der Waals surface area contributed by atoms with Gasteiger partial charge in [0.25, 0.3) is 5.91 Å². The maximum Gasteiger partial charge on any atom is 0.325 e. The number of benzene rings is 1. The molecule has 0 aromatic heterocycles. The number of rotatable bonds is 4. The minimum Gasteiger partial charge on any atom is -0.368 e. The van der Waals surface area contributed by atoms with E-state index in [1.165, 1.54) is 4.90 Å². The first-order valence-electron chi connectivity index (χ1n) is 8.04. The van der Waals surface area contributed by atoms with Crippen molar-refractivity contribution in [2.75, 3.05) is 13.1 Å². The Morgan fingerprint density at radius 3 is 2.50 bits per heavy atom. The summed E-state index contributed by atoms with van der Waals surface area (Å²) < 4.78 is 0. The van der Waals surface area contributed by atoms with Gasteiger partial charge in [-0.25, -0.2) is 4.79 Å². The molecule has 4 amide bonds. The Kier molecular flexibility index (Phi) is 4.04. The van der Waals surface area contributed by atoms with Crippen LogP contribution in [0.2, 0.25) is 0 Å². The number of nitrogens with one attached hydrogen (secondary N) is 1. The zero-order valence-corrected chi connectivity index (χ0v) is 13.9. The first-order valence-corrected chi connectivity index (χ1v) is 8.04. The van der Waals surface area contributed by atoms with Crippen LogP contribution in [0.4, 0.5) is 4.79 Å². The van der Waals surface area contributed by atoms with E-state index < -0.39 is 17.6 Å². The van der Waals surface area contributed by atoms with Crippen molar-refractivity contribution in [1.82, 2.24) is 15.1 Å². The van der Waals surface area contributed by atoms with Crippen LogP contribution in [-0.4, -0.2) is 52.3 Å². The number of fused-ring (bicyclic) bond motifs is 1. The molecule has 0 unspecified atom stereocenters. The summed E-state index contributed by atoms with van der Waals surface area (Å²) in [4.78, 5) is 39.2. The van der Waals surface area contributed by atoms with Gasteiger partial charge in [0.15, 0.2) is 0 Å². The van der Waals surface area contributed by atoms with Crippen LogP contribution in [0.25, 0.3) is 0 Å². The summed E-state index contributed by atoms with van der Waals surface area (Å²) in [6.45, 7) is 4.58. The van der Waals surface area contributed by atoms with E-state index >= 15 is 0 Å². The topological polar surface area (TPSA) is 95.7 Å². The zero-order valence-electron chi connectivity index (χ0n) is 13.9. The molecule has 0 bridgehead atoms. The van der Waals surface area contributed by atoms with Crippen molar-refractivity contribution in [3.05, 3.63) is 35.4 Å². The van der Waals surface area contributed by atoms with Gasteiger partial charge in [0.1, 0.15) is 5.54 Å². The molecule has 3 N–H and O–H groups in total. The average Bonchev–Trinajstić information content (AvgIpc) is 2.72. The number of carbonyl (C=O) groups excluding carboxylic acids is 3. The van der Waals surface area contributed by atoms with Gasteiger partial charge in [-0.05, 0) is 31.4 Å². The third-order valence-electron chi connectivity index (χ3n) is 4.73. The first kappa shape index (κ1) is 16.4. The summed E-state index contributed by atoms with van der Waals surface area (Å²) in [5.74, 6) is -0.637. The molecule has 0 saturated carbocycles. The Labute approximate surface area is 140 Å². The second-order valence-electron chi connectivity index (χ2n) is 6.87. The van der Waals surface area contributed by atoms with Gasteiger partial charge in [-0.15, -0.1) is 0 Å². The Morgan fingerprint density at radius 2 is 1.92 bits per heavy atom. The monoisotopic (exact) mass is 330 g/mol. The lowest BCUT2D eigenvalue weighted by Gasteiger charge is -2.35. The van der Waals surface area contributed by atoms with Gasteiger partial charge in [-0.3, -0.25) is 19.4 Å². The molecule has 7 nitrogen and oxygen atoms in total. The second-order valence-corrected chi connectivity index (χ2v) is 6.87. The highest BCUT2D eigenvalue weighted by atomic mass is 16.2. The molecule has 1 atom stereocenters. The van der Waals surface area contributed by atoms with Gasteiger partial charge in [0, 0.05) is 19.6 Å². The molecular weight excluding hydrogens is 308 g/mol. The number of nitrogens with two attached hydrogens (primary N) is 1. The van der Waals surface area contributed by atoms with E-state index in [4.69, 9.17) is 5.73 Å². The largest absolute Gasteiger partial charge is 0.368 e. The highest BCUT2D eigenvalue weighted by Gasteiger charge is 2.44. The molecule has 0 aliphatic carbocycles. The molecule has 2 aliphatic heterocycles. The predicted octanol–water partition coefficient (Wildman–Crippen LogP) is 0.229. The molecule has 2 aliphatic rings. The van der Waals surface area contributed by atoms with Crippen molar-refractivity contribution in [3.8, 4) is 0 Å². The van der Waals surface area contributed by atoms with Gasteiger partial charge >= 0.3 is 6.03 Å². The van der Waals surface area contributed by atoms with Gasteiger partial charge < -0.3 is 11.1 Å². The van der Waals surface area contributed by atoms with Crippen LogP contribution in [0.15, 0.2) is 24.3 Å². The van der Waals surface area contributed by atoms with Crippen LogP contribution < -0.4 is 11.1 Å². The smallest absolute Gasteiger partial charge is 0.325 e. The number of hydrogen-bond donors (Lipinski definition) is 2. The fourth-order valence-corrected chi connectivity index (χ4v) is 3.34. The van der Waals surface area contributed by atoms with E-state index in [9.17, 15) is 14.4 Å². The highest BCUT2D eigenvalue weighted by Crippen LogP contribution is 2.24. The molecule has 0 spiro atoms. The molecule has 128 valence electrons. The maximum atomic E-state index is 12.3. The molecule has 3 rings (SSSR count). The number of nitrogens with zero attached hydrogens (tertiary/aromatic N) is 2. The first-order chi connectivity index (χ1) is 11.3. The molecule has 1 aromatic carbocycles. The fourth-order valence-electron chi connectivity index (χ4n) is 3.34. The molecule has 1 aromatic rings. The second kappa shape index (κ2) is 5.90. The Balaban J connectivity index is 1.73. The van der Waals surface area contributed by atoms with E-state index in [1.54, 1.807) is 13.8 Å². The Morgan fingerprint density at radius 1 is 1.25 bits per heavy atom. The van der Waals surface area contributed by atoms with Crippen LogP contribution >= 0.6 is 0 Å². The van der Waals surface area contributed by atoms with Gasteiger partial charge in [0.2, 0.25) is 5.91 Å². The van der Waals surface area contributed by atoms with Crippen molar-refractivity contribution in [1.29, 1.82) is 0 Å². The molecule has 0 radical (unpaired) electrons. The van der Waals surface area contributed by atoms with E-state index in [-0.39, 0.29) is 18.4 Å². The van der Waals surface area contributed by atoms with Gasteiger partial charge in [-0.1, -0.05) is 24.3 Å². The number of urea groups is 1. The highest BCUT2D eigenvalue weighted by molar-refractivity contribution is 6.06. The summed E-state index contributed by atoms with van der Waals surface area (Å²) in [5.41, 5.74) is 6.94. The minimum absolute atomic E-state index is 0.236. The Hall–Kier alpha value is -2.41. The maximum absolute atomic E-state index is 12.3. The van der Waals surface area contributed by atoms with Crippen LogP contribution in [0.1, 0.15) is 25.0 Å². The third-order valence-corrected chi connectivity index (χ3v) is 4.73. The van der Waals surface area contributed by atoms with E-state index in [0.29, 0.717) is 19.5 Å². The van der Waals surface area contributed by atoms with Crippen LogP contribution in [0, 0.1) is 0 Å². The number of hydrogen-bond acceptors (Lipinski definition) is 4. The molecule has 2 heterocycles. The lowest BCUT2D eigenvalue weighted by Crippen LogP contribution is -2.51. The number of imide groups is 1. The zero-order chi connectivity index (χ0) is 17.5. The molecular formula is C17H22N4O3. The van der Waals surface area contributed by atoms with Crippen molar-refractivity contribution in [2.24, 2.45) is 5.73 Å². The number of primary amides is 1. The number of carbonyl (C=O) groups is 3. The molecule has 24 heavy (non-hydrogen) atoms. The van der Waals surface area contributed by atoms with Gasteiger partial charge in [0.05, 0.1) is 6.04 Å². The third kappa shape index (κ3) is 2.87. The van der Waals surface area contributed by atoms with Gasteiger partial charge in [-0.2, -0.15) is 0 Å². The van der Waals surface area contributed by atoms with Crippen LogP contribution in [-0.2, 0) is 22.6 Å². The van der Waals surface area contributed by atoms with Crippen molar-refractivity contribution >= 4 is 17.8 Å². The van der Waals surface area contributed by atoms with E-state index in [0.717, 1.165) is 11.1 Å².